The maximum absolute atomic E-state index is 12.1. The van der Waals surface area contributed by atoms with E-state index < -0.39 is 0 Å². The predicted molar refractivity (Wildman–Crippen MR) is 75.4 cm³/mol. The maximum atomic E-state index is 12.1. The molecule has 0 spiro atoms. The Labute approximate surface area is 113 Å². The topological polar surface area (TPSA) is 46.3 Å². The Morgan fingerprint density at radius 3 is 2.50 bits per heavy atom. The third-order valence-corrected chi connectivity index (χ3v) is 4.22. The molecular formula is C14H20N2OS. The zero-order chi connectivity index (χ0) is 13.1. The van der Waals surface area contributed by atoms with Gasteiger partial charge in [-0.1, -0.05) is 12.1 Å². The lowest BCUT2D eigenvalue weighted by atomic mass is 9.80. The van der Waals surface area contributed by atoms with Crippen LogP contribution in [0.5, 0.6) is 0 Å². The van der Waals surface area contributed by atoms with E-state index >= 15 is 0 Å². The quantitative estimate of drug-likeness (QED) is 0.847. The smallest absolute Gasteiger partial charge is 0.225 e. The first-order chi connectivity index (χ1) is 8.60. The van der Waals surface area contributed by atoms with E-state index in [0.29, 0.717) is 6.54 Å². The molecule has 98 valence electrons. The molecule has 1 aliphatic rings. The van der Waals surface area contributed by atoms with Gasteiger partial charge in [0.15, 0.2) is 0 Å². The van der Waals surface area contributed by atoms with Crippen molar-refractivity contribution >= 4 is 17.7 Å². The lowest BCUT2D eigenvalue weighted by molar-refractivity contribution is -0.137. The summed E-state index contributed by atoms with van der Waals surface area (Å²) in [7, 11) is 1.87. The Bertz CT molecular complexity index is 412. The highest BCUT2D eigenvalue weighted by atomic mass is 32.2. The van der Waals surface area contributed by atoms with Crippen LogP contribution in [-0.2, 0) is 11.3 Å². The number of hydrogen-bond acceptors (Lipinski definition) is 3. The van der Waals surface area contributed by atoms with Gasteiger partial charge in [0.05, 0.1) is 0 Å². The van der Waals surface area contributed by atoms with Crippen molar-refractivity contribution in [3.05, 3.63) is 29.8 Å². The van der Waals surface area contributed by atoms with Gasteiger partial charge in [-0.2, -0.15) is 0 Å². The Balaban J connectivity index is 1.89. The largest absolute Gasteiger partial charge is 0.341 e. The average Bonchev–Trinajstić information content (AvgIpc) is 2.35. The first kappa shape index (κ1) is 13.4. The van der Waals surface area contributed by atoms with E-state index in [9.17, 15) is 4.79 Å². The highest BCUT2D eigenvalue weighted by Crippen LogP contribution is 2.27. The van der Waals surface area contributed by atoms with Crippen LogP contribution in [0.1, 0.15) is 18.4 Å². The fourth-order valence-electron chi connectivity index (χ4n) is 2.26. The van der Waals surface area contributed by atoms with E-state index in [2.05, 4.69) is 30.5 Å². The third kappa shape index (κ3) is 3.06. The third-order valence-electron chi connectivity index (χ3n) is 3.48. The molecule has 1 aliphatic carbocycles. The zero-order valence-electron chi connectivity index (χ0n) is 10.9. The summed E-state index contributed by atoms with van der Waals surface area (Å²) in [6.07, 6.45) is 3.74. The van der Waals surface area contributed by atoms with Gasteiger partial charge in [0.2, 0.25) is 5.91 Å². The van der Waals surface area contributed by atoms with Gasteiger partial charge in [-0.25, -0.2) is 0 Å². The van der Waals surface area contributed by atoms with E-state index in [1.54, 1.807) is 11.8 Å². The van der Waals surface area contributed by atoms with Gasteiger partial charge in [-0.05, 0) is 36.8 Å². The Kier molecular flexibility index (Phi) is 4.30. The molecule has 0 bridgehead atoms. The Morgan fingerprint density at radius 2 is 2.00 bits per heavy atom. The second-order valence-electron chi connectivity index (χ2n) is 4.97. The first-order valence-corrected chi connectivity index (χ1v) is 7.46. The van der Waals surface area contributed by atoms with E-state index in [1.807, 2.05) is 11.9 Å². The first-order valence-electron chi connectivity index (χ1n) is 6.23. The van der Waals surface area contributed by atoms with Gasteiger partial charge < -0.3 is 10.6 Å². The number of rotatable bonds is 4. The molecule has 1 fully saturated rings. The summed E-state index contributed by atoms with van der Waals surface area (Å²) < 4.78 is 0. The van der Waals surface area contributed by atoms with Crippen molar-refractivity contribution in [1.29, 1.82) is 0 Å². The molecule has 4 heteroatoms. The summed E-state index contributed by atoms with van der Waals surface area (Å²) in [6.45, 7) is 0.680. The van der Waals surface area contributed by atoms with Crippen LogP contribution in [-0.4, -0.2) is 30.2 Å². The Hall–Kier alpha value is -1.00. The molecule has 1 amide bonds. The second kappa shape index (κ2) is 5.76. The molecule has 18 heavy (non-hydrogen) atoms. The molecule has 1 aromatic rings. The summed E-state index contributed by atoms with van der Waals surface area (Å²) in [4.78, 5) is 15.1. The molecule has 0 saturated heterocycles. The van der Waals surface area contributed by atoms with Crippen molar-refractivity contribution < 1.29 is 4.79 Å². The number of thioether (sulfide) groups is 1. The fraction of sp³-hybridized carbons (Fsp3) is 0.500. The monoisotopic (exact) mass is 264 g/mol. The minimum Gasteiger partial charge on any atom is -0.341 e. The van der Waals surface area contributed by atoms with E-state index in [4.69, 9.17) is 5.73 Å². The molecule has 1 saturated carbocycles. The van der Waals surface area contributed by atoms with Crippen molar-refractivity contribution in [3.63, 3.8) is 0 Å². The number of carbonyl (C=O) groups is 1. The summed E-state index contributed by atoms with van der Waals surface area (Å²) in [5.74, 6) is 0.376. The van der Waals surface area contributed by atoms with Crippen LogP contribution in [0.25, 0.3) is 0 Å². The molecule has 0 aromatic heterocycles. The molecule has 0 aliphatic heterocycles. The SMILES string of the molecule is CSc1ccc(CN(C)C(=O)C2CC(N)C2)cc1. The fourth-order valence-corrected chi connectivity index (χ4v) is 2.67. The van der Waals surface area contributed by atoms with Crippen molar-refractivity contribution in [3.8, 4) is 0 Å². The predicted octanol–water partition coefficient (Wildman–Crippen LogP) is 2.10. The minimum absolute atomic E-state index is 0.149. The molecule has 2 rings (SSSR count). The van der Waals surface area contributed by atoms with Crippen LogP contribution in [0.15, 0.2) is 29.2 Å². The molecule has 2 N–H and O–H groups in total. The summed E-state index contributed by atoms with van der Waals surface area (Å²) >= 11 is 1.73. The number of amides is 1. The van der Waals surface area contributed by atoms with Gasteiger partial charge in [0, 0.05) is 30.4 Å². The average molecular weight is 264 g/mol. The van der Waals surface area contributed by atoms with Crippen LogP contribution in [0.2, 0.25) is 0 Å². The van der Waals surface area contributed by atoms with Crippen LogP contribution in [0.3, 0.4) is 0 Å². The minimum atomic E-state index is 0.149. The molecule has 3 nitrogen and oxygen atoms in total. The van der Waals surface area contributed by atoms with Crippen molar-refractivity contribution in [2.75, 3.05) is 13.3 Å². The maximum Gasteiger partial charge on any atom is 0.225 e. The number of hydrogen-bond donors (Lipinski definition) is 1. The number of carbonyl (C=O) groups excluding carboxylic acids is 1. The molecule has 0 heterocycles. The molecule has 0 unspecified atom stereocenters. The van der Waals surface area contributed by atoms with Gasteiger partial charge in [0.1, 0.15) is 0 Å². The van der Waals surface area contributed by atoms with Crippen molar-refractivity contribution in [2.24, 2.45) is 11.7 Å². The summed E-state index contributed by atoms with van der Waals surface area (Å²) in [5, 5.41) is 0. The number of benzene rings is 1. The normalized spacial score (nSPS) is 22.4. The Morgan fingerprint density at radius 1 is 1.39 bits per heavy atom. The lowest BCUT2D eigenvalue weighted by Crippen LogP contribution is -2.45. The van der Waals surface area contributed by atoms with Crippen LogP contribution in [0, 0.1) is 5.92 Å². The van der Waals surface area contributed by atoms with Crippen molar-refractivity contribution in [1.82, 2.24) is 4.90 Å². The van der Waals surface area contributed by atoms with E-state index in [0.717, 1.165) is 12.8 Å². The van der Waals surface area contributed by atoms with E-state index in [1.165, 1.54) is 10.5 Å². The van der Waals surface area contributed by atoms with Crippen LogP contribution in [0.4, 0.5) is 0 Å². The van der Waals surface area contributed by atoms with Gasteiger partial charge in [-0.15, -0.1) is 11.8 Å². The highest BCUT2D eigenvalue weighted by molar-refractivity contribution is 7.98. The molecule has 0 atom stereocenters. The summed E-state index contributed by atoms with van der Waals surface area (Å²) in [6, 6.07) is 8.59. The van der Waals surface area contributed by atoms with E-state index in [-0.39, 0.29) is 17.9 Å². The van der Waals surface area contributed by atoms with Gasteiger partial charge in [-0.3, -0.25) is 4.79 Å². The van der Waals surface area contributed by atoms with Gasteiger partial charge >= 0.3 is 0 Å². The molecule has 1 aromatic carbocycles. The van der Waals surface area contributed by atoms with Gasteiger partial charge in [0.25, 0.3) is 0 Å². The zero-order valence-corrected chi connectivity index (χ0v) is 11.7. The second-order valence-corrected chi connectivity index (χ2v) is 5.85. The lowest BCUT2D eigenvalue weighted by Gasteiger charge is -2.34. The molecule has 0 radical (unpaired) electrons. The standard InChI is InChI=1S/C14H20N2OS/c1-16(14(17)11-7-12(15)8-11)9-10-3-5-13(18-2)6-4-10/h3-6,11-12H,7-9,15H2,1-2H3. The molecular weight excluding hydrogens is 244 g/mol. The number of nitrogens with two attached hydrogens (primary N) is 1. The highest BCUT2D eigenvalue weighted by Gasteiger charge is 2.33. The number of nitrogens with zero attached hydrogens (tertiary/aromatic N) is 1. The van der Waals surface area contributed by atoms with Crippen LogP contribution >= 0.6 is 11.8 Å². The van der Waals surface area contributed by atoms with Crippen LogP contribution < -0.4 is 5.73 Å². The summed E-state index contributed by atoms with van der Waals surface area (Å²) in [5.41, 5.74) is 6.89. The van der Waals surface area contributed by atoms with Crippen molar-refractivity contribution in [2.45, 2.75) is 30.3 Å².